The van der Waals surface area contributed by atoms with Crippen LogP contribution in [-0.2, 0) is 4.74 Å². The van der Waals surface area contributed by atoms with Crippen LogP contribution in [0.1, 0.15) is 24.3 Å². The van der Waals surface area contributed by atoms with Crippen LogP contribution < -0.4 is 5.32 Å². The highest BCUT2D eigenvalue weighted by Crippen LogP contribution is 2.18. The molecule has 6 nitrogen and oxygen atoms in total. The summed E-state index contributed by atoms with van der Waals surface area (Å²) in [5.41, 5.74) is 1.31. The molecule has 1 aliphatic heterocycles. The number of methoxy groups -OCH3 is 1. The van der Waals surface area contributed by atoms with Crippen molar-refractivity contribution in [2.45, 2.75) is 32.0 Å². The number of para-hydroxylation sites is 1. The van der Waals surface area contributed by atoms with E-state index in [-0.39, 0.29) is 18.1 Å². The molecule has 2 N–H and O–H groups in total. The zero-order valence-corrected chi connectivity index (χ0v) is 13.2. The molecule has 0 spiro atoms. The maximum atomic E-state index is 12.5. The van der Waals surface area contributed by atoms with Gasteiger partial charge in [0.05, 0.1) is 17.7 Å². The van der Waals surface area contributed by atoms with Crippen molar-refractivity contribution in [3.05, 3.63) is 30.0 Å². The van der Waals surface area contributed by atoms with E-state index in [1.807, 2.05) is 24.3 Å². The molecule has 6 heteroatoms. The summed E-state index contributed by atoms with van der Waals surface area (Å²) in [6, 6.07) is 8.05. The molecule has 1 aromatic carbocycles. The Morgan fingerprint density at radius 2 is 2.18 bits per heavy atom. The van der Waals surface area contributed by atoms with Crippen LogP contribution in [0.2, 0.25) is 0 Å². The third-order valence-electron chi connectivity index (χ3n) is 4.33. The number of fused-ring (bicyclic) bond motifs is 1. The second-order valence-corrected chi connectivity index (χ2v) is 6.02. The number of benzene rings is 1. The lowest BCUT2D eigenvalue weighted by Gasteiger charge is -2.19. The van der Waals surface area contributed by atoms with E-state index in [1.165, 1.54) is 0 Å². The Labute approximate surface area is 129 Å². The van der Waals surface area contributed by atoms with Gasteiger partial charge >= 0.3 is 0 Å². The summed E-state index contributed by atoms with van der Waals surface area (Å²) in [5.74, 6) is -0.157. The van der Waals surface area contributed by atoms with Crippen molar-refractivity contribution in [3.63, 3.8) is 0 Å². The van der Waals surface area contributed by atoms with Crippen molar-refractivity contribution >= 4 is 16.8 Å². The number of carbonyl (C=O) groups excluding carboxylic acids is 1. The van der Waals surface area contributed by atoms with Gasteiger partial charge in [-0.25, -0.2) is 0 Å². The first-order chi connectivity index (χ1) is 10.6. The Balaban J connectivity index is 1.76. The lowest BCUT2D eigenvalue weighted by atomic mass is 10.1. The summed E-state index contributed by atoms with van der Waals surface area (Å²) in [6.07, 6.45) is 0.0107. The number of amides is 1. The molecule has 1 saturated heterocycles. The number of H-pyrrole nitrogens is 1. The van der Waals surface area contributed by atoms with Gasteiger partial charge < -0.3 is 10.1 Å². The van der Waals surface area contributed by atoms with E-state index in [0.717, 1.165) is 24.0 Å². The average Bonchev–Trinajstić information content (AvgIpc) is 3.10. The van der Waals surface area contributed by atoms with Crippen LogP contribution in [0.4, 0.5) is 0 Å². The van der Waals surface area contributed by atoms with Gasteiger partial charge in [-0.05, 0) is 19.9 Å². The highest BCUT2D eigenvalue weighted by atomic mass is 16.5. The number of ether oxygens (including phenoxy) is 1. The molecule has 0 radical (unpaired) electrons. The molecule has 1 aromatic heterocycles. The molecular weight excluding hydrogens is 280 g/mol. The SMILES string of the molecule is CO[C@@H]1CN(C(C)C)C[C@H]1NC(=O)c1n[nH]c2ccccc12. The van der Waals surface area contributed by atoms with Gasteiger partial charge in [0, 0.05) is 31.6 Å². The van der Waals surface area contributed by atoms with Crippen molar-refractivity contribution in [3.8, 4) is 0 Å². The average molecular weight is 302 g/mol. The Morgan fingerprint density at radius 1 is 1.41 bits per heavy atom. The van der Waals surface area contributed by atoms with Gasteiger partial charge in [-0.3, -0.25) is 14.8 Å². The van der Waals surface area contributed by atoms with E-state index in [0.29, 0.717) is 11.7 Å². The van der Waals surface area contributed by atoms with E-state index in [9.17, 15) is 4.79 Å². The molecule has 1 fully saturated rings. The minimum absolute atomic E-state index is 0.0107. The number of aromatic nitrogens is 2. The second kappa shape index (κ2) is 6.06. The molecule has 0 saturated carbocycles. The Bertz CT molecular complexity index is 667. The van der Waals surface area contributed by atoms with Crippen molar-refractivity contribution in [1.82, 2.24) is 20.4 Å². The normalized spacial score (nSPS) is 22.5. The van der Waals surface area contributed by atoms with Gasteiger partial charge in [0.2, 0.25) is 0 Å². The fourth-order valence-electron chi connectivity index (χ4n) is 2.98. The number of aromatic amines is 1. The lowest BCUT2D eigenvalue weighted by Crippen LogP contribution is -2.44. The van der Waals surface area contributed by atoms with E-state index in [2.05, 4.69) is 34.3 Å². The third kappa shape index (κ3) is 2.71. The highest BCUT2D eigenvalue weighted by molar-refractivity contribution is 6.04. The van der Waals surface area contributed by atoms with Gasteiger partial charge in [-0.2, -0.15) is 5.10 Å². The molecule has 22 heavy (non-hydrogen) atoms. The first-order valence-electron chi connectivity index (χ1n) is 7.61. The van der Waals surface area contributed by atoms with Gasteiger partial charge in [0.1, 0.15) is 0 Å². The molecule has 3 rings (SSSR count). The van der Waals surface area contributed by atoms with Crippen molar-refractivity contribution < 1.29 is 9.53 Å². The van der Waals surface area contributed by atoms with E-state index in [1.54, 1.807) is 7.11 Å². The Morgan fingerprint density at radius 3 is 2.91 bits per heavy atom. The standard InChI is InChI=1S/C16H22N4O2/c1-10(2)20-8-13(14(9-20)22-3)17-16(21)15-11-6-4-5-7-12(11)18-19-15/h4-7,10,13-14H,8-9H2,1-3H3,(H,17,21)(H,18,19)/t13-,14-/m1/s1. The van der Waals surface area contributed by atoms with Gasteiger partial charge in [0.15, 0.2) is 5.69 Å². The van der Waals surface area contributed by atoms with Gasteiger partial charge in [-0.15, -0.1) is 0 Å². The summed E-state index contributed by atoms with van der Waals surface area (Å²) >= 11 is 0. The van der Waals surface area contributed by atoms with E-state index in [4.69, 9.17) is 4.74 Å². The quantitative estimate of drug-likeness (QED) is 0.895. The smallest absolute Gasteiger partial charge is 0.272 e. The molecule has 2 atom stereocenters. The monoisotopic (exact) mass is 302 g/mol. The third-order valence-corrected chi connectivity index (χ3v) is 4.33. The number of hydrogen-bond acceptors (Lipinski definition) is 4. The Kier molecular flexibility index (Phi) is 4.13. The number of hydrogen-bond donors (Lipinski definition) is 2. The first kappa shape index (κ1) is 15.0. The minimum atomic E-state index is -0.157. The van der Waals surface area contributed by atoms with Crippen LogP contribution in [0.3, 0.4) is 0 Å². The predicted octanol–water partition coefficient (Wildman–Crippen LogP) is 1.40. The summed E-state index contributed by atoms with van der Waals surface area (Å²) in [5, 5.41) is 11.0. The topological polar surface area (TPSA) is 70.2 Å². The highest BCUT2D eigenvalue weighted by Gasteiger charge is 2.35. The molecule has 1 amide bonds. The lowest BCUT2D eigenvalue weighted by molar-refractivity contribution is 0.0751. The van der Waals surface area contributed by atoms with Crippen LogP contribution in [0.25, 0.3) is 10.9 Å². The summed E-state index contributed by atoms with van der Waals surface area (Å²) in [4.78, 5) is 14.9. The molecule has 118 valence electrons. The maximum Gasteiger partial charge on any atom is 0.272 e. The number of likely N-dealkylation sites (tertiary alicyclic amines) is 1. The largest absolute Gasteiger partial charge is 0.378 e. The molecular formula is C16H22N4O2. The van der Waals surface area contributed by atoms with Crippen LogP contribution in [0.15, 0.2) is 24.3 Å². The number of nitrogens with one attached hydrogen (secondary N) is 2. The molecule has 2 aromatic rings. The van der Waals surface area contributed by atoms with E-state index >= 15 is 0 Å². The van der Waals surface area contributed by atoms with Crippen LogP contribution in [-0.4, -0.2) is 59.4 Å². The van der Waals surface area contributed by atoms with Crippen LogP contribution in [0, 0.1) is 0 Å². The molecule has 2 heterocycles. The van der Waals surface area contributed by atoms with Crippen molar-refractivity contribution in [2.24, 2.45) is 0 Å². The zero-order valence-electron chi connectivity index (χ0n) is 13.2. The number of carbonyl (C=O) groups is 1. The number of rotatable bonds is 4. The fourth-order valence-corrected chi connectivity index (χ4v) is 2.98. The molecule has 1 aliphatic rings. The van der Waals surface area contributed by atoms with Crippen molar-refractivity contribution in [2.75, 3.05) is 20.2 Å². The second-order valence-electron chi connectivity index (χ2n) is 6.02. The molecule has 0 bridgehead atoms. The summed E-state index contributed by atoms with van der Waals surface area (Å²) < 4.78 is 5.53. The van der Waals surface area contributed by atoms with Crippen LogP contribution >= 0.6 is 0 Å². The van der Waals surface area contributed by atoms with Crippen molar-refractivity contribution in [1.29, 1.82) is 0 Å². The molecule has 0 unspecified atom stereocenters. The maximum absolute atomic E-state index is 12.5. The van der Waals surface area contributed by atoms with Crippen LogP contribution in [0.5, 0.6) is 0 Å². The predicted molar refractivity (Wildman–Crippen MR) is 84.9 cm³/mol. The van der Waals surface area contributed by atoms with Gasteiger partial charge in [0.25, 0.3) is 5.91 Å². The fraction of sp³-hybridized carbons (Fsp3) is 0.500. The number of nitrogens with zero attached hydrogens (tertiary/aromatic N) is 2. The minimum Gasteiger partial charge on any atom is -0.378 e. The van der Waals surface area contributed by atoms with Gasteiger partial charge in [-0.1, -0.05) is 18.2 Å². The summed E-state index contributed by atoms with van der Waals surface area (Å²) in [6.45, 7) is 5.93. The first-order valence-corrected chi connectivity index (χ1v) is 7.61. The van der Waals surface area contributed by atoms with E-state index < -0.39 is 0 Å². The Hall–Kier alpha value is -1.92. The summed E-state index contributed by atoms with van der Waals surface area (Å²) in [7, 11) is 1.69. The zero-order chi connectivity index (χ0) is 15.7. The molecule has 0 aliphatic carbocycles.